The second-order valence-electron chi connectivity index (χ2n) is 5.07. The van der Waals surface area contributed by atoms with Gasteiger partial charge in [0.1, 0.15) is 6.10 Å². The Morgan fingerprint density at radius 1 is 1.24 bits per heavy atom. The van der Waals surface area contributed by atoms with Crippen LogP contribution < -0.4 is 0 Å². The number of hydrogen-bond acceptors (Lipinski definition) is 4. The molecule has 0 amide bonds. The van der Waals surface area contributed by atoms with E-state index in [4.69, 9.17) is 18.9 Å². The van der Waals surface area contributed by atoms with Gasteiger partial charge in [0.2, 0.25) is 0 Å². The molecular weight excluding hydrogens is 220 g/mol. The van der Waals surface area contributed by atoms with E-state index in [2.05, 4.69) is 6.58 Å². The Bertz CT molecular complexity index is 281. The van der Waals surface area contributed by atoms with Crippen LogP contribution in [0.5, 0.6) is 0 Å². The van der Waals surface area contributed by atoms with Gasteiger partial charge in [-0.15, -0.1) is 6.58 Å². The third-order valence-corrected chi connectivity index (χ3v) is 3.74. The highest BCUT2D eigenvalue weighted by molar-refractivity contribution is 4.93. The van der Waals surface area contributed by atoms with Crippen molar-refractivity contribution >= 4 is 0 Å². The molecule has 1 saturated carbocycles. The Kier molecular flexibility index (Phi) is 3.47. The lowest BCUT2D eigenvalue weighted by Crippen LogP contribution is -2.28. The summed E-state index contributed by atoms with van der Waals surface area (Å²) in [5, 5.41) is 0. The minimum Gasteiger partial charge on any atom is -0.375 e. The Balaban J connectivity index is 1.41. The first-order valence-corrected chi connectivity index (χ1v) is 6.48. The Morgan fingerprint density at radius 2 is 2.18 bits per heavy atom. The monoisotopic (exact) mass is 240 g/mol. The molecule has 5 atom stereocenters. The summed E-state index contributed by atoms with van der Waals surface area (Å²) in [7, 11) is 0. The van der Waals surface area contributed by atoms with E-state index < -0.39 is 0 Å². The summed E-state index contributed by atoms with van der Waals surface area (Å²) in [5.74, 6) is 0.503. The smallest absolute Gasteiger partial charge is 0.161 e. The Labute approximate surface area is 102 Å². The van der Waals surface area contributed by atoms with E-state index >= 15 is 0 Å². The van der Waals surface area contributed by atoms with Crippen molar-refractivity contribution in [1.82, 2.24) is 0 Å². The van der Waals surface area contributed by atoms with Crippen molar-refractivity contribution < 1.29 is 18.9 Å². The maximum Gasteiger partial charge on any atom is 0.161 e. The van der Waals surface area contributed by atoms with Gasteiger partial charge in [-0.1, -0.05) is 6.08 Å². The van der Waals surface area contributed by atoms with Crippen molar-refractivity contribution in [3.63, 3.8) is 0 Å². The van der Waals surface area contributed by atoms with E-state index in [9.17, 15) is 0 Å². The van der Waals surface area contributed by atoms with Crippen LogP contribution >= 0.6 is 0 Å². The maximum absolute atomic E-state index is 5.88. The van der Waals surface area contributed by atoms with E-state index in [1.54, 1.807) is 6.08 Å². The average molecular weight is 240 g/mol. The molecule has 0 aromatic rings. The summed E-state index contributed by atoms with van der Waals surface area (Å²) >= 11 is 0. The molecule has 3 rings (SSSR count). The summed E-state index contributed by atoms with van der Waals surface area (Å²) in [6, 6.07) is 0. The van der Waals surface area contributed by atoms with Crippen LogP contribution in [-0.4, -0.2) is 44.4 Å². The molecule has 0 N–H and O–H groups in total. The fourth-order valence-corrected chi connectivity index (χ4v) is 2.77. The van der Waals surface area contributed by atoms with Gasteiger partial charge < -0.3 is 18.9 Å². The van der Waals surface area contributed by atoms with Crippen molar-refractivity contribution in [2.45, 2.75) is 43.9 Å². The highest BCUT2D eigenvalue weighted by atomic mass is 16.7. The van der Waals surface area contributed by atoms with Gasteiger partial charge >= 0.3 is 0 Å². The lowest BCUT2D eigenvalue weighted by atomic mass is 9.89. The maximum atomic E-state index is 5.88. The number of epoxide rings is 1. The molecule has 1 aliphatic carbocycles. The van der Waals surface area contributed by atoms with Crippen molar-refractivity contribution in [2.75, 3.05) is 19.8 Å². The molecule has 3 aliphatic rings. The largest absolute Gasteiger partial charge is 0.375 e. The zero-order valence-corrected chi connectivity index (χ0v) is 10.0. The average Bonchev–Trinajstić information content (AvgIpc) is 2.98. The van der Waals surface area contributed by atoms with Gasteiger partial charge in [-0.25, -0.2) is 0 Å². The summed E-state index contributed by atoms with van der Waals surface area (Å²) in [5.41, 5.74) is 0. The predicted octanol–water partition coefficient (Wildman–Crippen LogP) is 1.50. The minimum absolute atomic E-state index is 0.0440. The molecule has 2 saturated heterocycles. The molecule has 4 heteroatoms. The van der Waals surface area contributed by atoms with Gasteiger partial charge in [0.25, 0.3) is 0 Å². The molecule has 96 valence electrons. The first-order chi connectivity index (χ1) is 8.36. The molecule has 17 heavy (non-hydrogen) atoms. The third kappa shape index (κ3) is 2.71. The number of fused-ring (bicyclic) bond motifs is 1. The topological polar surface area (TPSA) is 40.2 Å². The molecule has 2 heterocycles. The third-order valence-electron chi connectivity index (χ3n) is 3.74. The molecule has 0 radical (unpaired) electrons. The SMILES string of the molecule is C=CCOC[C@H]1CO[C@@H](C2CCC3OC3C2)O1. The van der Waals surface area contributed by atoms with E-state index in [0.29, 0.717) is 37.9 Å². The summed E-state index contributed by atoms with van der Waals surface area (Å²) in [6.07, 6.45) is 6.23. The van der Waals surface area contributed by atoms with Crippen LogP contribution in [0.3, 0.4) is 0 Å². The van der Waals surface area contributed by atoms with E-state index in [-0.39, 0.29) is 12.4 Å². The first-order valence-electron chi connectivity index (χ1n) is 6.48. The van der Waals surface area contributed by atoms with Crippen LogP contribution in [0.1, 0.15) is 19.3 Å². The molecule has 0 bridgehead atoms. The van der Waals surface area contributed by atoms with Crippen LogP contribution in [0.25, 0.3) is 0 Å². The van der Waals surface area contributed by atoms with Crippen molar-refractivity contribution in [2.24, 2.45) is 5.92 Å². The zero-order chi connectivity index (χ0) is 11.7. The lowest BCUT2D eigenvalue weighted by Gasteiger charge is -2.24. The summed E-state index contributed by atoms with van der Waals surface area (Å²) < 4.78 is 22.5. The van der Waals surface area contributed by atoms with Gasteiger partial charge in [0.05, 0.1) is 32.0 Å². The zero-order valence-electron chi connectivity index (χ0n) is 10.0. The highest BCUT2D eigenvalue weighted by Crippen LogP contribution is 2.42. The fraction of sp³-hybridized carbons (Fsp3) is 0.846. The number of rotatable bonds is 5. The highest BCUT2D eigenvalue weighted by Gasteiger charge is 2.47. The quantitative estimate of drug-likeness (QED) is 0.415. The van der Waals surface area contributed by atoms with Crippen molar-refractivity contribution in [3.05, 3.63) is 12.7 Å². The van der Waals surface area contributed by atoms with Gasteiger partial charge in [-0.2, -0.15) is 0 Å². The van der Waals surface area contributed by atoms with Crippen LogP contribution in [0.15, 0.2) is 12.7 Å². The predicted molar refractivity (Wildman–Crippen MR) is 61.6 cm³/mol. The van der Waals surface area contributed by atoms with Crippen molar-refractivity contribution in [1.29, 1.82) is 0 Å². The van der Waals surface area contributed by atoms with Gasteiger partial charge in [-0.3, -0.25) is 0 Å². The molecule has 2 aliphatic heterocycles. The Hall–Kier alpha value is -0.420. The summed E-state index contributed by atoms with van der Waals surface area (Å²) in [4.78, 5) is 0. The van der Waals surface area contributed by atoms with Crippen molar-refractivity contribution in [3.8, 4) is 0 Å². The van der Waals surface area contributed by atoms with E-state index in [1.807, 2.05) is 0 Å². The Morgan fingerprint density at radius 3 is 3.00 bits per heavy atom. The molecule has 0 aromatic heterocycles. The first kappa shape index (κ1) is 11.7. The van der Waals surface area contributed by atoms with E-state index in [0.717, 1.165) is 19.3 Å². The second kappa shape index (κ2) is 5.06. The van der Waals surface area contributed by atoms with E-state index in [1.165, 1.54) is 0 Å². The van der Waals surface area contributed by atoms with Crippen LogP contribution in [0.2, 0.25) is 0 Å². The molecule has 4 nitrogen and oxygen atoms in total. The summed E-state index contributed by atoms with van der Waals surface area (Å²) in [6.45, 7) is 5.43. The fourth-order valence-electron chi connectivity index (χ4n) is 2.77. The van der Waals surface area contributed by atoms with Gasteiger partial charge in [0.15, 0.2) is 6.29 Å². The van der Waals surface area contributed by atoms with Crippen LogP contribution in [0.4, 0.5) is 0 Å². The normalized spacial score (nSPS) is 44.4. The molecular formula is C13H20O4. The standard InChI is InChI=1S/C13H20O4/c1-2-5-14-7-10-8-15-13(16-10)9-3-4-11-12(6-9)17-11/h2,9-13H,1,3-8H2/t9?,10-,11?,12?,13+/m0/s1. The lowest BCUT2D eigenvalue weighted by molar-refractivity contribution is -0.110. The van der Waals surface area contributed by atoms with Gasteiger partial charge in [-0.05, 0) is 19.3 Å². The van der Waals surface area contributed by atoms with Crippen LogP contribution in [0, 0.1) is 5.92 Å². The second-order valence-corrected chi connectivity index (χ2v) is 5.07. The van der Waals surface area contributed by atoms with Gasteiger partial charge in [0, 0.05) is 5.92 Å². The molecule has 0 aromatic carbocycles. The molecule has 0 spiro atoms. The minimum atomic E-state index is -0.0440. The number of hydrogen-bond donors (Lipinski definition) is 0. The van der Waals surface area contributed by atoms with Crippen LogP contribution in [-0.2, 0) is 18.9 Å². The molecule has 3 fully saturated rings. The number of ether oxygens (including phenoxy) is 4. The molecule has 3 unspecified atom stereocenters.